The summed E-state index contributed by atoms with van der Waals surface area (Å²) in [4.78, 5) is 21.8. The predicted molar refractivity (Wildman–Crippen MR) is 160 cm³/mol. The van der Waals surface area contributed by atoms with E-state index in [4.69, 9.17) is 34.8 Å². The molecule has 1 fully saturated rings. The maximum Gasteiger partial charge on any atom is 0.141 e. The van der Waals surface area contributed by atoms with Crippen LogP contribution in [0, 0.1) is 0 Å². The summed E-state index contributed by atoms with van der Waals surface area (Å²) >= 11 is 18.2. The molecule has 0 bridgehead atoms. The van der Waals surface area contributed by atoms with Crippen LogP contribution < -0.4 is 9.89 Å². The molecule has 39 heavy (non-hydrogen) atoms. The minimum absolute atomic E-state index is 0.416. The van der Waals surface area contributed by atoms with E-state index in [1.54, 1.807) is 6.33 Å². The van der Waals surface area contributed by atoms with Crippen molar-refractivity contribution >= 4 is 46.8 Å². The Morgan fingerprint density at radius 2 is 1.15 bits per heavy atom. The molecular formula is C30H32Cl3N6+. The summed E-state index contributed by atoms with van der Waals surface area (Å²) < 4.78 is 0. The monoisotopic (exact) mass is 581 g/mol. The first-order chi connectivity index (χ1) is 19.1. The molecule has 2 aromatic carbocycles. The maximum absolute atomic E-state index is 6.28. The third kappa shape index (κ3) is 8.99. The molecule has 9 heteroatoms. The number of nitrogens with one attached hydrogen (secondary N) is 1. The van der Waals surface area contributed by atoms with Crippen LogP contribution in [-0.2, 0) is 12.8 Å². The van der Waals surface area contributed by atoms with Gasteiger partial charge in [0.25, 0.3) is 0 Å². The van der Waals surface area contributed by atoms with Crippen molar-refractivity contribution in [3.63, 3.8) is 0 Å². The van der Waals surface area contributed by atoms with E-state index in [2.05, 4.69) is 48.2 Å². The molecular weight excluding hydrogens is 551 g/mol. The van der Waals surface area contributed by atoms with Gasteiger partial charge in [0.2, 0.25) is 0 Å². The van der Waals surface area contributed by atoms with Gasteiger partial charge in [-0.1, -0.05) is 95.5 Å². The second kappa shape index (κ2) is 15.5. The van der Waals surface area contributed by atoms with Crippen LogP contribution >= 0.6 is 34.8 Å². The summed E-state index contributed by atoms with van der Waals surface area (Å²) in [5.41, 5.74) is 4.18. The smallest absolute Gasteiger partial charge is 0.141 e. The summed E-state index contributed by atoms with van der Waals surface area (Å²) in [7, 11) is 0. The Kier molecular flexibility index (Phi) is 11.5. The van der Waals surface area contributed by atoms with Crippen molar-refractivity contribution in [3.8, 4) is 0 Å². The van der Waals surface area contributed by atoms with Crippen molar-refractivity contribution in [2.75, 3.05) is 24.5 Å². The van der Waals surface area contributed by atoms with Gasteiger partial charge in [-0.3, -0.25) is 4.99 Å². The van der Waals surface area contributed by atoms with E-state index >= 15 is 0 Å². The zero-order valence-electron chi connectivity index (χ0n) is 21.7. The minimum Gasteiger partial charge on any atom is -0.356 e. The van der Waals surface area contributed by atoms with Gasteiger partial charge in [0, 0.05) is 49.9 Å². The van der Waals surface area contributed by atoms with Crippen LogP contribution in [0.15, 0.2) is 73.3 Å². The number of rotatable bonds is 5. The Hall–Kier alpha value is -3.06. The van der Waals surface area contributed by atoms with Gasteiger partial charge in [0.15, 0.2) is 0 Å². The van der Waals surface area contributed by atoms with Gasteiger partial charge in [0.1, 0.15) is 46.7 Å². The normalized spacial score (nSPS) is 13.9. The van der Waals surface area contributed by atoms with Gasteiger partial charge >= 0.3 is 0 Å². The second-order valence-corrected chi connectivity index (χ2v) is 10.3. The lowest BCUT2D eigenvalue weighted by Crippen LogP contribution is -2.65. The molecule has 0 saturated carbocycles. The predicted octanol–water partition coefficient (Wildman–Crippen LogP) is 5.63. The zero-order chi connectivity index (χ0) is 27.3. The highest BCUT2D eigenvalue weighted by atomic mass is 35.5. The zero-order valence-corrected chi connectivity index (χ0v) is 24.0. The van der Waals surface area contributed by atoms with Crippen LogP contribution in [0.4, 0.5) is 5.82 Å². The van der Waals surface area contributed by atoms with Crippen LogP contribution in [0.5, 0.6) is 0 Å². The van der Waals surface area contributed by atoms with Crippen LogP contribution in [0.2, 0.25) is 15.5 Å². The SMILES string of the molecule is C1=[NH+]CCC1.Clc1ncnc(Cl)c1Cc1ccccc1.Clc1ncnc(N2CCCC2)c1Cc1ccccc1. The third-order valence-corrected chi connectivity index (χ3v) is 7.35. The summed E-state index contributed by atoms with van der Waals surface area (Å²) in [5, 5.41) is 1.40. The minimum atomic E-state index is 0.416. The first-order valence-electron chi connectivity index (χ1n) is 13.1. The second-order valence-electron chi connectivity index (χ2n) is 9.22. The van der Waals surface area contributed by atoms with Crippen molar-refractivity contribution in [2.24, 2.45) is 0 Å². The summed E-state index contributed by atoms with van der Waals surface area (Å²) in [6.07, 6.45) is 11.5. The summed E-state index contributed by atoms with van der Waals surface area (Å²) in [6, 6.07) is 20.3. The molecule has 2 aliphatic rings. The third-order valence-electron chi connectivity index (χ3n) is 6.38. The Bertz CT molecular complexity index is 1300. The summed E-state index contributed by atoms with van der Waals surface area (Å²) in [6.45, 7) is 3.32. The molecule has 0 radical (unpaired) electrons. The summed E-state index contributed by atoms with van der Waals surface area (Å²) in [5.74, 6) is 1.00. The van der Waals surface area contributed by atoms with Crippen molar-refractivity contribution in [3.05, 3.63) is 111 Å². The lowest BCUT2D eigenvalue weighted by molar-refractivity contribution is -0.442. The van der Waals surface area contributed by atoms with Crippen molar-refractivity contribution < 1.29 is 4.99 Å². The highest BCUT2D eigenvalue weighted by Crippen LogP contribution is 2.28. The van der Waals surface area contributed by atoms with E-state index in [-0.39, 0.29) is 0 Å². The molecule has 0 unspecified atom stereocenters. The molecule has 2 aromatic heterocycles. The van der Waals surface area contributed by atoms with E-state index in [1.165, 1.54) is 44.1 Å². The molecule has 202 valence electrons. The molecule has 4 aromatic rings. The fourth-order valence-corrected chi connectivity index (χ4v) is 5.01. The standard InChI is InChI=1S/C15H16ClN3.C11H8Cl2N2.C4H7N/c16-14-13(10-12-6-2-1-3-7-12)15(18-11-17-14)19-8-4-5-9-19;12-10-9(11(13)15-7-14-10)6-8-4-2-1-3-5-8;1-2-4-5-3-1/h1-3,6-7,11H,4-5,8-10H2;1-5,7H,6H2;3H,1-2,4H2/p+1. The fraction of sp³-hybridized carbons (Fsp3) is 0.300. The lowest BCUT2D eigenvalue weighted by Gasteiger charge is -2.20. The number of hydrogen-bond acceptors (Lipinski definition) is 5. The van der Waals surface area contributed by atoms with Crippen molar-refractivity contribution in [2.45, 2.75) is 38.5 Å². The quantitative estimate of drug-likeness (QED) is 0.309. The first-order valence-corrected chi connectivity index (χ1v) is 14.3. The number of benzene rings is 2. The van der Waals surface area contributed by atoms with Crippen LogP contribution in [-0.4, -0.2) is 45.8 Å². The Balaban J connectivity index is 0.000000157. The highest BCUT2D eigenvalue weighted by molar-refractivity contribution is 6.34. The average Bonchev–Trinajstić information content (AvgIpc) is 3.72. The van der Waals surface area contributed by atoms with E-state index in [1.807, 2.05) is 48.5 Å². The van der Waals surface area contributed by atoms with Crippen LogP contribution in [0.1, 0.15) is 47.9 Å². The van der Waals surface area contributed by atoms with Gasteiger partial charge in [-0.2, -0.15) is 0 Å². The molecule has 1 saturated heterocycles. The lowest BCUT2D eigenvalue weighted by atomic mass is 10.1. The molecule has 4 heterocycles. The molecule has 0 spiro atoms. The Morgan fingerprint density at radius 3 is 1.64 bits per heavy atom. The Labute approximate surface area is 245 Å². The average molecular weight is 583 g/mol. The van der Waals surface area contributed by atoms with Gasteiger partial charge in [-0.15, -0.1) is 0 Å². The molecule has 0 aliphatic carbocycles. The van der Waals surface area contributed by atoms with Gasteiger partial charge in [-0.25, -0.2) is 19.9 Å². The number of aromatic nitrogens is 4. The number of nitrogens with zero attached hydrogens (tertiary/aromatic N) is 5. The highest BCUT2D eigenvalue weighted by Gasteiger charge is 2.19. The van der Waals surface area contributed by atoms with E-state index in [9.17, 15) is 0 Å². The van der Waals surface area contributed by atoms with E-state index in [0.717, 1.165) is 42.0 Å². The number of halogens is 3. The van der Waals surface area contributed by atoms with E-state index in [0.29, 0.717) is 21.9 Å². The first kappa shape index (κ1) is 28.9. The molecule has 6 nitrogen and oxygen atoms in total. The van der Waals surface area contributed by atoms with Crippen LogP contribution in [0.25, 0.3) is 0 Å². The largest absolute Gasteiger partial charge is 0.356 e. The van der Waals surface area contributed by atoms with Crippen molar-refractivity contribution in [1.29, 1.82) is 0 Å². The molecule has 2 aliphatic heterocycles. The topological polar surface area (TPSA) is 68.8 Å². The maximum atomic E-state index is 6.28. The van der Waals surface area contributed by atoms with Gasteiger partial charge in [-0.05, 0) is 24.0 Å². The van der Waals surface area contributed by atoms with Crippen LogP contribution in [0.3, 0.4) is 0 Å². The molecule has 0 atom stereocenters. The number of anilines is 1. The van der Waals surface area contributed by atoms with Gasteiger partial charge < -0.3 is 4.90 Å². The molecule has 0 amide bonds. The fourth-order valence-electron chi connectivity index (χ4n) is 4.36. The van der Waals surface area contributed by atoms with Crippen molar-refractivity contribution in [1.82, 2.24) is 19.9 Å². The van der Waals surface area contributed by atoms with E-state index < -0.39 is 0 Å². The molecule has 1 N–H and O–H groups in total. The Morgan fingerprint density at radius 1 is 0.641 bits per heavy atom. The number of hydrogen-bond donors (Lipinski definition) is 1. The molecule has 6 rings (SSSR count). The van der Waals surface area contributed by atoms with Gasteiger partial charge in [0.05, 0.1) is 0 Å².